The minimum Gasteiger partial charge on any atom is -0.328 e. The number of hydrogen-bond donors (Lipinski definition) is 1. The van der Waals surface area contributed by atoms with Crippen molar-refractivity contribution < 1.29 is 0 Å². The molecule has 0 radical (unpaired) electrons. The van der Waals surface area contributed by atoms with Crippen LogP contribution in [0.3, 0.4) is 0 Å². The van der Waals surface area contributed by atoms with Crippen LogP contribution >= 0.6 is 0 Å². The standard InChI is InChI=1S/C10H21N/c1-7(2)10-5-4-9(11)6-8(10)3/h7-10H,4-6,11H2,1-3H3/t8-,9?,10?/m1/s1. The van der Waals surface area contributed by atoms with Gasteiger partial charge >= 0.3 is 0 Å². The Labute approximate surface area is 70.4 Å². The first-order valence-corrected chi connectivity index (χ1v) is 4.87. The van der Waals surface area contributed by atoms with E-state index < -0.39 is 0 Å². The van der Waals surface area contributed by atoms with E-state index in [2.05, 4.69) is 20.8 Å². The summed E-state index contributed by atoms with van der Waals surface area (Å²) in [7, 11) is 0. The first-order valence-electron chi connectivity index (χ1n) is 4.87. The first kappa shape index (κ1) is 9.05. The normalized spacial score (nSPS) is 39.5. The monoisotopic (exact) mass is 155 g/mol. The van der Waals surface area contributed by atoms with Gasteiger partial charge in [-0.25, -0.2) is 0 Å². The number of hydrogen-bond acceptors (Lipinski definition) is 1. The summed E-state index contributed by atoms with van der Waals surface area (Å²) in [6.45, 7) is 7.01. The zero-order valence-electron chi connectivity index (χ0n) is 8.01. The second-order valence-corrected chi connectivity index (χ2v) is 4.46. The van der Waals surface area contributed by atoms with Gasteiger partial charge in [-0.05, 0) is 37.0 Å². The van der Waals surface area contributed by atoms with E-state index in [1.54, 1.807) is 0 Å². The molecule has 1 aliphatic rings. The second-order valence-electron chi connectivity index (χ2n) is 4.46. The molecule has 1 nitrogen and oxygen atoms in total. The van der Waals surface area contributed by atoms with Gasteiger partial charge < -0.3 is 5.73 Å². The van der Waals surface area contributed by atoms with Crippen LogP contribution in [0, 0.1) is 17.8 Å². The van der Waals surface area contributed by atoms with E-state index in [9.17, 15) is 0 Å². The van der Waals surface area contributed by atoms with Gasteiger partial charge in [0.15, 0.2) is 0 Å². The van der Waals surface area contributed by atoms with Gasteiger partial charge in [0.2, 0.25) is 0 Å². The van der Waals surface area contributed by atoms with Gasteiger partial charge in [-0.3, -0.25) is 0 Å². The summed E-state index contributed by atoms with van der Waals surface area (Å²) < 4.78 is 0. The van der Waals surface area contributed by atoms with E-state index in [0.717, 1.165) is 17.8 Å². The summed E-state index contributed by atoms with van der Waals surface area (Å²) in [4.78, 5) is 0. The van der Waals surface area contributed by atoms with Crippen LogP contribution in [0.1, 0.15) is 40.0 Å². The van der Waals surface area contributed by atoms with Crippen LogP contribution in [-0.4, -0.2) is 6.04 Å². The van der Waals surface area contributed by atoms with E-state index in [0.29, 0.717) is 6.04 Å². The Morgan fingerprint density at radius 1 is 1.27 bits per heavy atom. The summed E-state index contributed by atoms with van der Waals surface area (Å²) >= 11 is 0. The van der Waals surface area contributed by atoms with Crippen LogP contribution in [0.5, 0.6) is 0 Å². The van der Waals surface area contributed by atoms with E-state index in [1.165, 1.54) is 19.3 Å². The van der Waals surface area contributed by atoms with Gasteiger partial charge in [0.25, 0.3) is 0 Å². The Hall–Kier alpha value is -0.0400. The lowest BCUT2D eigenvalue weighted by Gasteiger charge is -2.34. The Balaban J connectivity index is 2.44. The lowest BCUT2D eigenvalue weighted by atomic mass is 9.73. The largest absolute Gasteiger partial charge is 0.328 e. The third-order valence-corrected chi connectivity index (χ3v) is 3.13. The molecule has 0 aromatic carbocycles. The Morgan fingerprint density at radius 2 is 1.91 bits per heavy atom. The van der Waals surface area contributed by atoms with Crippen molar-refractivity contribution in [2.45, 2.75) is 46.1 Å². The van der Waals surface area contributed by atoms with Crippen LogP contribution in [0.2, 0.25) is 0 Å². The molecule has 66 valence electrons. The first-order chi connectivity index (χ1) is 5.11. The molecule has 1 rings (SSSR count). The lowest BCUT2D eigenvalue weighted by Crippen LogP contribution is -2.34. The predicted molar refractivity (Wildman–Crippen MR) is 49.3 cm³/mol. The molecular weight excluding hydrogens is 134 g/mol. The quantitative estimate of drug-likeness (QED) is 0.618. The average molecular weight is 155 g/mol. The topological polar surface area (TPSA) is 26.0 Å². The fourth-order valence-electron chi connectivity index (χ4n) is 2.45. The van der Waals surface area contributed by atoms with Crippen LogP contribution in [0.25, 0.3) is 0 Å². The van der Waals surface area contributed by atoms with E-state index in [1.807, 2.05) is 0 Å². The van der Waals surface area contributed by atoms with Crippen LogP contribution in [0.15, 0.2) is 0 Å². The van der Waals surface area contributed by atoms with Crippen molar-refractivity contribution in [1.29, 1.82) is 0 Å². The van der Waals surface area contributed by atoms with Crippen molar-refractivity contribution in [2.24, 2.45) is 23.5 Å². The van der Waals surface area contributed by atoms with Crippen molar-refractivity contribution in [1.82, 2.24) is 0 Å². The molecule has 0 aliphatic heterocycles. The zero-order valence-corrected chi connectivity index (χ0v) is 8.01. The highest BCUT2D eigenvalue weighted by Gasteiger charge is 2.27. The molecule has 0 saturated heterocycles. The molecule has 3 atom stereocenters. The maximum Gasteiger partial charge on any atom is 0.00415 e. The fourth-order valence-corrected chi connectivity index (χ4v) is 2.45. The van der Waals surface area contributed by atoms with E-state index in [-0.39, 0.29) is 0 Å². The molecule has 1 aliphatic carbocycles. The number of rotatable bonds is 1. The highest BCUT2D eigenvalue weighted by molar-refractivity contribution is 4.80. The predicted octanol–water partition coefficient (Wildman–Crippen LogP) is 2.41. The second kappa shape index (κ2) is 3.57. The Bertz CT molecular complexity index is 120. The summed E-state index contributed by atoms with van der Waals surface area (Å²) in [5.41, 5.74) is 5.89. The lowest BCUT2D eigenvalue weighted by molar-refractivity contribution is 0.180. The van der Waals surface area contributed by atoms with Crippen molar-refractivity contribution in [2.75, 3.05) is 0 Å². The van der Waals surface area contributed by atoms with Crippen molar-refractivity contribution in [3.8, 4) is 0 Å². The molecule has 0 amide bonds. The minimum atomic E-state index is 0.486. The Kier molecular flexibility index (Phi) is 2.94. The highest BCUT2D eigenvalue weighted by Crippen LogP contribution is 2.33. The zero-order chi connectivity index (χ0) is 8.43. The molecule has 0 bridgehead atoms. The molecule has 1 saturated carbocycles. The van der Waals surface area contributed by atoms with Gasteiger partial charge in [0.05, 0.1) is 0 Å². The maximum atomic E-state index is 5.89. The molecule has 1 heteroatoms. The summed E-state index contributed by atoms with van der Waals surface area (Å²) in [6.07, 6.45) is 3.83. The smallest absolute Gasteiger partial charge is 0.00415 e. The van der Waals surface area contributed by atoms with Gasteiger partial charge in [0.1, 0.15) is 0 Å². The van der Waals surface area contributed by atoms with Crippen LogP contribution in [0.4, 0.5) is 0 Å². The summed E-state index contributed by atoms with van der Waals surface area (Å²) in [5, 5.41) is 0. The average Bonchev–Trinajstić information content (AvgIpc) is 1.85. The van der Waals surface area contributed by atoms with Crippen molar-refractivity contribution >= 4 is 0 Å². The van der Waals surface area contributed by atoms with Crippen LogP contribution in [-0.2, 0) is 0 Å². The van der Waals surface area contributed by atoms with Crippen LogP contribution < -0.4 is 5.73 Å². The number of nitrogens with two attached hydrogens (primary N) is 1. The Morgan fingerprint density at radius 3 is 2.36 bits per heavy atom. The molecule has 2 N–H and O–H groups in total. The van der Waals surface area contributed by atoms with Gasteiger partial charge in [-0.2, -0.15) is 0 Å². The van der Waals surface area contributed by atoms with Gasteiger partial charge in [-0.1, -0.05) is 20.8 Å². The van der Waals surface area contributed by atoms with Gasteiger partial charge in [0, 0.05) is 6.04 Å². The molecule has 1 fully saturated rings. The molecule has 0 aromatic rings. The summed E-state index contributed by atoms with van der Waals surface area (Å²) in [5.74, 6) is 2.62. The van der Waals surface area contributed by atoms with E-state index in [4.69, 9.17) is 5.73 Å². The minimum absolute atomic E-state index is 0.486. The molecule has 0 heterocycles. The molecular formula is C10H21N. The third kappa shape index (κ3) is 2.19. The molecule has 0 spiro atoms. The molecule has 0 aromatic heterocycles. The fraction of sp³-hybridized carbons (Fsp3) is 1.00. The molecule has 11 heavy (non-hydrogen) atoms. The van der Waals surface area contributed by atoms with Crippen molar-refractivity contribution in [3.05, 3.63) is 0 Å². The molecule has 2 unspecified atom stereocenters. The third-order valence-electron chi connectivity index (χ3n) is 3.13. The maximum absolute atomic E-state index is 5.89. The van der Waals surface area contributed by atoms with Gasteiger partial charge in [-0.15, -0.1) is 0 Å². The SMILES string of the molecule is CC(C)C1CCC(N)C[C@H]1C. The highest BCUT2D eigenvalue weighted by atomic mass is 14.6. The van der Waals surface area contributed by atoms with E-state index >= 15 is 0 Å². The summed E-state index contributed by atoms with van der Waals surface area (Å²) in [6, 6.07) is 0.486. The van der Waals surface area contributed by atoms with Crippen molar-refractivity contribution in [3.63, 3.8) is 0 Å².